The van der Waals surface area contributed by atoms with Gasteiger partial charge in [-0.25, -0.2) is 0 Å². The van der Waals surface area contributed by atoms with Gasteiger partial charge in [0.15, 0.2) is 5.82 Å². The maximum absolute atomic E-state index is 12.8. The summed E-state index contributed by atoms with van der Waals surface area (Å²) in [4.78, 5) is 20.1. The lowest BCUT2D eigenvalue weighted by Crippen LogP contribution is -2.31. The molecule has 3 rings (SSSR count). The SMILES string of the molecule is COc1cc(C)sc1C(=O)N1C[C@@H](O)C[C@@H]1c1nc(C)no1. The molecule has 1 aliphatic heterocycles. The molecule has 0 aromatic carbocycles. The number of rotatable bonds is 3. The molecule has 22 heavy (non-hydrogen) atoms. The standard InChI is InChI=1S/C14H17N3O4S/c1-7-4-11(20-3)12(22-7)14(19)17-6-9(18)5-10(17)13-15-8(2)16-21-13/h4,9-10,18H,5-6H2,1-3H3/t9-,10+/m0/s1. The fourth-order valence-corrected chi connectivity index (χ4v) is 3.58. The maximum Gasteiger partial charge on any atom is 0.268 e. The fraction of sp³-hybridized carbons (Fsp3) is 0.500. The number of aliphatic hydroxyl groups is 1. The van der Waals surface area contributed by atoms with E-state index in [9.17, 15) is 9.90 Å². The van der Waals surface area contributed by atoms with E-state index >= 15 is 0 Å². The molecule has 0 spiro atoms. The fourth-order valence-electron chi connectivity index (χ4n) is 2.64. The molecule has 2 aromatic rings. The van der Waals surface area contributed by atoms with Crippen molar-refractivity contribution in [2.75, 3.05) is 13.7 Å². The van der Waals surface area contributed by atoms with Crippen molar-refractivity contribution in [2.24, 2.45) is 0 Å². The Morgan fingerprint density at radius 2 is 2.32 bits per heavy atom. The molecular weight excluding hydrogens is 306 g/mol. The van der Waals surface area contributed by atoms with Crippen LogP contribution in [0.2, 0.25) is 0 Å². The molecule has 118 valence electrons. The summed E-state index contributed by atoms with van der Waals surface area (Å²) in [5.41, 5.74) is 0. The van der Waals surface area contributed by atoms with E-state index in [1.54, 1.807) is 11.8 Å². The van der Waals surface area contributed by atoms with Crippen molar-refractivity contribution >= 4 is 17.2 Å². The summed E-state index contributed by atoms with van der Waals surface area (Å²) in [6, 6.07) is 1.42. The molecular formula is C14H17N3O4S. The van der Waals surface area contributed by atoms with Crippen molar-refractivity contribution in [1.82, 2.24) is 15.0 Å². The van der Waals surface area contributed by atoms with Crippen LogP contribution in [0.1, 0.15) is 38.7 Å². The quantitative estimate of drug-likeness (QED) is 0.925. The molecule has 1 amide bonds. The third-order valence-corrected chi connectivity index (χ3v) is 4.62. The Morgan fingerprint density at radius 3 is 2.95 bits per heavy atom. The number of nitrogens with zero attached hydrogens (tertiary/aromatic N) is 3. The van der Waals surface area contributed by atoms with Crippen LogP contribution >= 0.6 is 11.3 Å². The van der Waals surface area contributed by atoms with Crippen molar-refractivity contribution in [2.45, 2.75) is 32.4 Å². The Labute approximate surface area is 131 Å². The topological polar surface area (TPSA) is 88.7 Å². The van der Waals surface area contributed by atoms with E-state index in [0.717, 1.165) is 4.88 Å². The zero-order valence-electron chi connectivity index (χ0n) is 12.6. The third kappa shape index (κ3) is 2.59. The Balaban J connectivity index is 1.92. The second-order valence-electron chi connectivity index (χ2n) is 5.30. The number of ether oxygens (including phenoxy) is 1. The van der Waals surface area contributed by atoms with Crippen molar-refractivity contribution < 1.29 is 19.2 Å². The van der Waals surface area contributed by atoms with Crippen molar-refractivity contribution in [1.29, 1.82) is 0 Å². The highest BCUT2D eigenvalue weighted by Gasteiger charge is 2.40. The van der Waals surface area contributed by atoms with Crippen LogP contribution < -0.4 is 4.74 Å². The first-order valence-electron chi connectivity index (χ1n) is 6.93. The largest absolute Gasteiger partial charge is 0.495 e. The molecule has 8 heteroatoms. The van der Waals surface area contributed by atoms with Crippen LogP contribution in [-0.4, -0.2) is 45.8 Å². The summed E-state index contributed by atoms with van der Waals surface area (Å²) in [7, 11) is 1.54. The third-order valence-electron chi connectivity index (χ3n) is 3.60. The first-order chi connectivity index (χ1) is 10.5. The van der Waals surface area contributed by atoms with Crippen LogP contribution in [-0.2, 0) is 0 Å². The summed E-state index contributed by atoms with van der Waals surface area (Å²) in [6.45, 7) is 3.88. The monoisotopic (exact) mass is 323 g/mol. The molecule has 0 saturated carbocycles. The van der Waals surface area contributed by atoms with Crippen LogP contribution in [0.15, 0.2) is 10.6 Å². The Kier molecular flexibility index (Phi) is 3.88. The second-order valence-corrected chi connectivity index (χ2v) is 6.55. The predicted octanol–water partition coefficient (Wildman–Crippen LogP) is 1.70. The van der Waals surface area contributed by atoms with Crippen LogP contribution in [0.4, 0.5) is 0 Å². The highest BCUT2D eigenvalue weighted by molar-refractivity contribution is 7.14. The number of aromatic nitrogens is 2. The minimum Gasteiger partial charge on any atom is -0.495 e. The van der Waals surface area contributed by atoms with Gasteiger partial charge in [0.2, 0.25) is 5.89 Å². The van der Waals surface area contributed by atoms with Gasteiger partial charge in [0.1, 0.15) is 16.7 Å². The normalized spacial score (nSPS) is 21.4. The molecule has 1 fully saturated rings. The minimum absolute atomic E-state index is 0.188. The van der Waals surface area contributed by atoms with E-state index < -0.39 is 12.1 Å². The first-order valence-corrected chi connectivity index (χ1v) is 7.75. The van der Waals surface area contributed by atoms with E-state index in [1.165, 1.54) is 18.4 Å². The number of aryl methyl sites for hydroxylation is 2. The van der Waals surface area contributed by atoms with Gasteiger partial charge in [0.25, 0.3) is 5.91 Å². The lowest BCUT2D eigenvalue weighted by molar-refractivity contribution is 0.0695. The van der Waals surface area contributed by atoms with Crippen molar-refractivity contribution in [3.63, 3.8) is 0 Å². The zero-order valence-corrected chi connectivity index (χ0v) is 13.4. The molecule has 1 saturated heterocycles. The lowest BCUT2D eigenvalue weighted by atomic mass is 10.2. The highest BCUT2D eigenvalue weighted by atomic mass is 32.1. The van der Waals surface area contributed by atoms with E-state index in [4.69, 9.17) is 9.26 Å². The van der Waals surface area contributed by atoms with E-state index in [0.29, 0.717) is 28.8 Å². The van der Waals surface area contributed by atoms with Crippen LogP contribution in [0, 0.1) is 13.8 Å². The molecule has 7 nitrogen and oxygen atoms in total. The Morgan fingerprint density at radius 1 is 1.55 bits per heavy atom. The van der Waals surface area contributed by atoms with Crippen LogP contribution in [0.3, 0.4) is 0 Å². The number of thiophene rings is 1. The number of likely N-dealkylation sites (tertiary alicyclic amines) is 1. The van der Waals surface area contributed by atoms with Crippen molar-refractivity contribution in [3.05, 3.63) is 27.5 Å². The predicted molar refractivity (Wildman–Crippen MR) is 79.0 cm³/mol. The zero-order chi connectivity index (χ0) is 15.9. The molecule has 0 aliphatic carbocycles. The summed E-state index contributed by atoms with van der Waals surface area (Å²) in [5.74, 6) is 1.23. The summed E-state index contributed by atoms with van der Waals surface area (Å²) in [6.07, 6.45) is -0.215. The molecule has 3 heterocycles. The number of amides is 1. The lowest BCUT2D eigenvalue weighted by Gasteiger charge is -2.21. The number of aliphatic hydroxyl groups excluding tert-OH is 1. The minimum atomic E-state index is -0.604. The van der Waals surface area contributed by atoms with Gasteiger partial charge in [-0.1, -0.05) is 5.16 Å². The summed E-state index contributed by atoms with van der Waals surface area (Å²) < 4.78 is 10.4. The molecule has 0 radical (unpaired) electrons. The van der Waals surface area contributed by atoms with Gasteiger partial charge in [-0.3, -0.25) is 4.79 Å². The number of hydrogen-bond donors (Lipinski definition) is 1. The maximum atomic E-state index is 12.8. The first kappa shape index (κ1) is 15.0. The van der Waals surface area contributed by atoms with Crippen molar-refractivity contribution in [3.8, 4) is 5.75 Å². The highest BCUT2D eigenvalue weighted by Crippen LogP contribution is 2.36. The number of methoxy groups -OCH3 is 1. The molecule has 0 unspecified atom stereocenters. The average molecular weight is 323 g/mol. The molecule has 2 atom stereocenters. The van der Waals surface area contributed by atoms with E-state index in [2.05, 4.69) is 10.1 Å². The Bertz CT molecular complexity index is 696. The summed E-state index contributed by atoms with van der Waals surface area (Å²) >= 11 is 1.37. The van der Waals surface area contributed by atoms with E-state index in [-0.39, 0.29) is 12.5 Å². The van der Waals surface area contributed by atoms with Gasteiger partial charge in [-0.05, 0) is 19.9 Å². The van der Waals surface area contributed by atoms with Crippen LogP contribution in [0.25, 0.3) is 0 Å². The number of carbonyl (C=O) groups excluding carboxylic acids is 1. The van der Waals surface area contributed by atoms with Gasteiger partial charge in [0.05, 0.1) is 13.2 Å². The van der Waals surface area contributed by atoms with Gasteiger partial charge < -0.3 is 19.3 Å². The van der Waals surface area contributed by atoms with Crippen LogP contribution in [0.5, 0.6) is 5.75 Å². The number of hydrogen-bond acceptors (Lipinski definition) is 7. The molecule has 1 N–H and O–H groups in total. The number of β-amino-alcohol motifs (C(OH)–C–C–N with tert-alkyl or cyclic N) is 1. The molecule has 2 aromatic heterocycles. The van der Waals surface area contributed by atoms with Gasteiger partial charge in [0, 0.05) is 17.8 Å². The smallest absolute Gasteiger partial charge is 0.268 e. The van der Waals surface area contributed by atoms with Gasteiger partial charge >= 0.3 is 0 Å². The average Bonchev–Trinajstić information content (AvgIpc) is 3.16. The molecule has 0 bridgehead atoms. The van der Waals surface area contributed by atoms with Gasteiger partial charge in [-0.15, -0.1) is 11.3 Å². The van der Waals surface area contributed by atoms with E-state index in [1.807, 2.05) is 13.0 Å². The second kappa shape index (κ2) is 5.69. The number of carbonyl (C=O) groups is 1. The molecule has 1 aliphatic rings. The summed E-state index contributed by atoms with van der Waals surface area (Å²) in [5, 5.41) is 13.7. The Hall–Kier alpha value is -1.93. The van der Waals surface area contributed by atoms with Gasteiger partial charge in [-0.2, -0.15) is 4.98 Å².